The number of nitrogens with zero attached hydrogens (tertiary/aromatic N) is 1. The molecule has 3 nitrogen and oxygen atoms in total. The van der Waals surface area contributed by atoms with Gasteiger partial charge in [-0.25, -0.2) is 0 Å². The van der Waals surface area contributed by atoms with Gasteiger partial charge in [0, 0.05) is 0 Å². The summed E-state index contributed by atoms with van der Waals surface area (Å²) in [5.41, 5.74) is 0. The van der Waals surface area contributed by atoms with E-state index in [1.54, 1.807) is 6.21 Å². The number of rotatable bonds is 2. The van der Waals surface area contributed by atoms with Crippen molar-refractivity contribution < 1.29 is 9.57 Å². The zero-order valence-corrected chi connectivity index (χ0v) is 6.51. The van der Waals surface area contributed by atoms with E-state index in [1.807, 2.05) is 30.3 Å². The summed E-state index contributed by atoms with van der Waals surface area (Å²) in [5, 5.41) is 3.61. The minimum atomic E-state index is -0.243. The number of hydrogen-bond donors (Lipinski definition) is 0. The summed E-state index contributed by atoms with van der Waals surface area (Å²) in [6.45, 7) is 0. The van der Waals surface area contributed by atoms with E-state index in [-0.39, 0.29) is 6.29 Å². The quantitative estimate of drug-likeness (QED) is 0.665. The van der Waals surface area contributed by atoms with Gasteiger partial charge in [0.25, 0.3) is 6.29 Å². The van der Waals surface area contributed by atoms with Crippen molar-refractivity contribution in [1.29, 1.82) is 0 Å². The largest absolute Gasteiger partial charge is 0.452 e. The van der Waals surface area contributed by atoms with Crippen molar-refractivity contribution in [2.75, 3.05) is 0 Å². The summed E-state index contributed by atoms with van der Waals surface area (Å²) >= 11 is 0. The molecule has 12 heavy (non-hydrogen) atoms. The Morgan fingerprint density at radius 3 is 2.83 bits per heavy atom. The molecule has 0 spiro atoms. The molecule has 1 aromatic carbocycles. The summed E-state index contributed by atoms with van der Waals surface area (Å²) in [6, 6.07) is 9.57. The molecule has 0 fully saturated rings. The Morgan fingerprint density at radius 2 is 2.17 bits per heavy atom. The fourth-order valence-electron chi connectivity index (χ4n) is 1.00. The fourth-order valence-corrected chi connectivity index (χ4v) is 1.00. The molecule has 0 radical (unpaired) electrons. The minimum Gasteiger partial charge on any atom is -0.452 e. The van der Waals surface area contributed by atoms with Crippen LogP contribution in [0.3, 0.4) is 0 Å². The molecule has 0 aliphatic carbocycles. The summed E-state index contributed by atoms with van der Waals surface area (Å²) in [4.78, 5) is 4.90. The molecule has 1 aromatic rings. The van der Waals surface area contributed by atoms with Crippen LogP contribution in [0, 0.1) is 0 Å². The van der Waals surface area contributed by atoms with Gasteiger partial charge in [-0.3, -0.25) is 0 Å². The van der Waals surface area contributed by atoms with Gasteiger partial charge in [0.2, 0.25) is 0 Å². The van der Waals surface area contributed by atoms with Crippen molar-refractivity contribution in [1.82, 2.24) is 0 Å². The van der Waals surface area contributed by atoms with Gasteiger partial charge in [0.15, 0.2) is 0 Å². The first kappa shape index (κ1) is 7.16. The maximum Gasteiger partial charge on any atom is 0.270 e. The van der Waals surface area contributed by atoms with E-state index in [9.17, 15) is 0 Å². The summed E-state index contributed by atoms with van der Waals surface area (Å²) in [7, 11) is 0. The van der Waals surface area contributed by atoms with Crippen molar-refractivity contribution in [3.8, 4) is 5.75 Å². The Labute approximate surface area is 70.6 Å². The fraction of sp³-hybridized carbons (Fsp3) is 0.222. The third-order valence-corrected chi connectivity index (χ3v) is 1.56. The molecular weight excluding hydrogens is 154 g/mol. The predicted octanol–water partition coefficient (Wildman–Crippen LogP) is 1.80. The van der Waals surface area contributed by atoms with Crippen molar-refractivity contribution in [2.24, 2.45) is 5.16 Å². The molecule has 1 aliphatic heterocycles. The first-order valence-electron chi connectivity index (χ1n) is 3.84. The first-order chi connectivity index (χ1) is 5.95. The molecule has 1 atom stereocenters. The third kappa shape index (κ3) is 1.56. The van der Waals surface area contributed by atoms with Crippen molar-refractivity contribution in [2.45, 2.75) is 12.7 Å². The lowest BCUT2D eigenvalue weighted by Gasteiger charge is -2.10. The number of benzene rings is 1. The highest BCUT2D eigenvalue weighted by Crippen LogP contribution is 2.14. The van der Waals surface area contributed by atoms with E-state index in [0.29, 0.717) is 0 Å². The Balaban J connectivity index is 1.95. The van der Waals surface area contributed by atoms with Crippen LogP contribution in [-0.2, 0) is 4.84 Å². The molecule has 1 aliphatic rings. The molecule has 1 heterocycles. The molecule has 3 heteroatoms. The van der Waals surface area contributed by atoms with Gasteiger partial charge in [-0.1, -0.05) is 23.4 Å². The van der Waals surface area contributed by atoms with Gasteiger partial charge in [0.1, 0.15) is 5.75 Å². The zero-order chi connectivity index (χ0) is 8.23. The van der Waals surface area contributed by atoms with Crippen LogP contribution in [0.15, 0.2) is 35.5 Å². The first-order valence-corrected chi connectivity index (χ1v) is 3.84. The predicted molar refractivity (Wildman–Crippen MR) is 45.1 cm³/mol. The van der Waals surface area contributed by atoms with Crippen LogP contribution in [0.4, 0.5) is 0 Å². The van der Waals surface area contributed by atoms with Gasteiger partial charge in [-0.2, -0.15) is 0 Å². The average molecular weight is 163 g/mol. The van der Waals surface area contributed by atoms with Gasteiger partial charge in [0.05, 0.1) is 12.6 Å². The highest BCUT2D eigenvalue weighted by Gasteiger charge is 2.13. The van der Waals surface area contributed by atoms with E-state index in [0.717, 1.165) is 12.2 Å². The maximum atomic E-state index is 5.43. The molecular formula is C9H9NO2. The lowest BCUT2D eigenvalue weighted by Crippen LogP contribution is -2.13. The Kier molecular flexibility index (Phi) is 1.94. The zero-order valence-electron chi connectivity index (χ0n) is 6.51. The standard InChI is InChI=1S/C9H9NO2/c1-2-4-8(5-3-1)11-9-6-7-10-12-9/h1-5,7,9H,6H2. The van der Waals surface area contributed by atoms with Gasteiger partial charge < -0.3 is 9.57 Å². The Morgan fingerprint density at radius 1 is 1.33 bits per heavy atom. The second-order valence-corrected chi connectivity index (χ2v) is 2.49. The number of oxime groups is 1. The smallest absolute Gasteiger partial charge is 0.270 e. The molecule has 0 amide bonds. The molecule has 2 rings (SSSR count). The van der Waals surface area contributed by atoms with Crippen LogP contribution >= 0.6 is 0 Å². The van der Waals surface area contributed by atoms with Crippen molar-refractivity contribution in [3.05, 3.63) is 30.3 Å². The molecule has 0 aromatic heterocycles. The normalized spacial score (nSPS) is 20.5. The van der Waals surface area contributed by atoms with Crippen LogP contribution in [0.5, 0.6) is 5.75 Å². The summed E-state index contributed by atoms with van der Waals surface area (Å²) in [5.74, 6) is 0.813. The Bertz CT molecular complexity index is 263. The van der Waals surface area contributed by atoms with E-state index < -0.39 is 0 Å². The molecule has 1 unspecified atom stereocenters. The second kappa shape index (κ2) is 3.26. The van der Waals surface area contributed by atoms with Gasteiger partial charge in [-0.15, -0.1) is 0 Å². The lowest BCUT2D eigenvalue weighted by atomic mass is 10.3. The SMILES string of the molecule is C1=NOC(Oc2ccccc2)C1. The molecule has 0 saturated heterocycles. The summed E-state index contributed by atoms with van der Waals surface area (Å²) in [6.07, 6.45) is 2.18. The third-order valence-electron chi connectivity index (χ3n) is 1.56. The van der Waals surface area contributed by atoms with E-state index >= 15 is 0 Å². The highest BCUT2D eigenvalue weighted by atomic mass is 16.8. The van der Waals surface area contributed by atoms with Gasteiger partial charge >= 0.3 is 0 Å². The van der Waals surface area contributed by atoms with Gasteiger partial charge in [-0.05, 0) is 12.1 Å². The van der Waals surface area contributed by atoms with E-state index in [2.05, 4.69) is 5.16 Å². The van der Waals surface area contributed by atoms with Crippen molar-refractivity contribution in [3.63, 3.8) is 0 Å². The van der Waals surface area contributed by atoms with Crippen LogP contribution in [-0.4, -0.2) is 12.5 Å². The average Bonchev–Trinajstić information content (AvgIpc) is 2.59. The number of ether oxygens (including phenoxy) is 1. The van der Waals surface area contributed by atoms with Crippen LogP contribution < -0.4 is 4.74 Å². The van der Waals surface area contributed by atoms with E-state index in [1.165, 1.54) is 0 Å². The second-order valence-electron chi connectivity index (χ2n) is 2.49. The van der Waals surface area contributed by atoms with Crippen molar-refractivity contribution >= 4 is 6.21 Å². The number of hydrogen-bond acceptors (Lipinski definition) is 3. The van der Waals surface area contributed by atoms with E-state index in [4.69, 9.17) is 9.57 Å². The number of para-hydroxylation sites is 1. The van der Waals surface area contributed by atoms with Crippen LogP contribution in [0.2, 0.25) is 0 Å². The molecule has 62 valence electrons. The monoisotopic (exact) mass is 163 g/mol. The highest BCUT2D eigenvalue weighted by molar-refractivity contribution is 5.58. The minimum absolute atomic E-state index is 0.243. The molecule has 0 saturated carbocycles. The lowest BCUT2D eigenvalue weighted by molar-refractivity contribution is -0.0570. The topological polar surface area (TPSA) is 30.8 Å². The molecule has 0 bridgehead atoms. The molecule has 0 N–H and O–H groups in total. The summed E-state index contributed by atoms with van der Waals surface area (Å²) < 4.78 is 5.43. The Hall–Kier alpha value is -1.51. The maximum absolute atomic E-state index is 5.43. The van der Waals surface area contributed by atoms with Crippen LogP contribution in [0.1, 0.15) is 6.42 Å². The van der Waals surface area contributed by atoms with Crippen LogP contribution in [0.25, 0.3) is 0 Å².